The van der Waals surface area contributed by atoms with Crippen molar-refractivity contribution < 1.29 is 5.11 Å². The topological polar surface area (TPSA) is 55.1 Å². The lowest BCUT2D eigenvalue weighted by Gasteiger charge is -2.15. The molecule has 0 aliphatic rings. The highest BCUT2D eigenvalue weighted by atomic mass is 32.2. The van der Waals surface area contributed by atoms with Crippen molar-refractivity contribution >= 4 is 22.7 Å². The molecular weight excluding hydrogens is 356 g/mol. The molecule has 134 valence electrons. The van der Waals surface area contributed by atoms with E-state index in [-0.39, 0.29) is 5.56 Å². The Hall–Kier alpha value is -2.89. The van der Waals surface area contributed by atoms with Gasteiger partial charge in [-0.1, -0.05) is 72.4 Å². The van der Waals surface area contributed by atoms with Crippen LogP contribution in [0.15, 0.2) is 94.9 Å². The number of aliphatic hydroxyl groups excluding tert-OH is 1. The molecule has 4 nitrogen and oxygen atoms in total. The molecule has 1 atom stereocenters. The number of benzene rings is 3. The lowest BCUT2D eigenvalue weighted by atomic mass is 10.1. The Balaban J connectivity index is 1.76. The summed E-state index contributed by atoms with van der Waals surface area (Å²) in [6.07, 6.45) is -0.635. The van der Waals surface area contributed by atoms with Gasteiger partial charge in [-0.15, -0.1) is 0 Å². The fourth-order valence-corrected chi connectivity index (χ4v) is 3.92. The average Bonchev–Trinajstić information content (AvgIpc) is 2.73. The number of fused-ring (bicyclic) bond motifs is 1. The molecule has 0 aliphatic heterocycles. The van der Waals surface area contributed by atoms with Gasteiger partial charge in [0.1, 0.15) is 0 Å². The number of aromatic nitrogens is 2. The van der Waals surface area contributed by atoms with Gasteiger partial charge < -0.3 is 5.11 Å². The zero-order valence-corrected chi connectivity index (χ0v) is 15.3. The van der Waals surface area contributed by atoms with Crippen LogP contribution in [0.5, 0.6) is 0 Å². The van der Waals surface area contributed by atoms with Crippen LogP contribution < -0.4 is 5.56 Å². The molecule has 3 aromatic carbocycles. The molecule has 0 fully saturated rings. The third kappa shape index (κ3) is 3.65. The zero-order chi connectivity index (χ0) is 18.6. The Labute approximate surface area is 161 Å². The van der Waals surface area contributed by atoms with E-state index in [0.717, 1.165) is 11.3 Å². The van der Waals surface area contributed by atoms with E-state index in [1.165, 1.54) is 11.8 Å². The predicted molar refractivity (Wildman–Crippen MR) is 109 cm³/mol. The van der Waals surface area contributed by atoms with Gasteiger partial charge in [0.25, 0.3) is 5.56 Å². The molecule has 0 bridgehead atoms. The highest BCUT2D eigenvalue weighted by Crippen LogP contribution is 2.26. The number of thioether (sulfide) groups is 1. The Morgan fingerprint density at radius 2 is 1.52 bits per heavy atom. The van der Waals surface area contributed by atoms with E-state index in [4.69, 9.17) is 4.98 Å². The van der Waals surface area contributed by atoms with Gasteiger partial charge in [0.15, 0.2) is 5.16 Å². The minimum absolute atomic E-state index is 0.108. The second-order valence-electron chi connectivity index (χ2n) is 6.13. The van der Waals surface area contributed by atoms with Gasteiger partial charge in [-0.2, -0.15) is 0 Å². The number of hydrogen-bond acceptors (Lipinski definition) is 4. The van der Waals surface area contributed by atoms with Gasteiger partial charge in [0.05, 0.1) is 22.7 Å². The monoisotopic (exact) mass is 374 g/mol. The fourth-order valence-electron chi connectivity index (χ4n) is 2.94. The van der Waals surface area contributed by atoms with Gasteiger partial charge in [-0.3, -0.25) is 9.36 Å². The molecule has 5 heteroatoms. The lowest BCUT2D eigenvalue weighted by molar-refractivity contribution is 0.204. The van der Waals surface area contributed by atoms with Crippen molar-refractivity contribution in [1.82, 2.24) is 9.55 Å². The van der Waals surface area contributed by atoms with E-state index in [1.54, 1.807) is 10.6 Å². The first-order chi connectivity index (χ1) is 13.2. The summed E-state index contributed by atoms with van der Waals surface area (Å²) >= 11 is 1.38. The summed E-state index contributed by atoms with van der Waals surface area (Å²) in [6.45, 7) is 0. The lowest BCUT2D eigenvalue weighted by Crippen LogP contribution is -2.22. The van der Waals surface area contributed by atoms with Crippen molar-refractivity contribution in [1.29, 1.82) is 0 Å². The number of nitrogens with zero attached hydrogens (tertiary/aromatic N) is 2. The number of rotatable bonds is 5. The summed E-state index contributed by atoms with van der Waals surface area (Å²) in [7, 11) is 0. The van der Waals surface area contributed by atoms with Crippen LogP contribution in [0, 0.1) is 0 Å². The van der Waals surface area contributed by atoms with Crippen molar-refractivity contribution in [3.8, 4) is 5.69 Å². The van der Waals surface area contributed by atoms with E-state index < -0.39 is 6.10 Å². The van der Waals surface area contributed by atoms with Gasteiger partial charge >= 0.3 is 0 Å². The summed E-state index contributed by atoms with van der Waals surface area (Å²) in [5.41, 5.74) is 2.16. The van der Waals surface area contributed by atoms with Crippen molar-refractivity contribution in [2.75, 3.05) is 5.75 Å². The second-order valence-corrected chi connectivity index (χ2v) is 7.11. The molecular formula is C22H18N2O2S. The molecule has 0 spiro atoms. The van der Waals surface area contributed by atoms with E-state index in [1.807, 2.05) is 78.9 Å². The van der Waals surface area contributed by atoms with Crippen LogP contribution in [0.25, 0.3) is 16.6 Å². The van der Waals surface area contributed by atoms with Crippen LogP contribution in [0.2, 0.25) is 0 Å². The summed E-state index contributed by atoms with van der Waals surface area (Å²) in [6, 6.07) is 26.3. The first-order valence-electron chi connectivity index (χ1n) is 8.67. The molecule has 0 radical (unpaired) electrons. The molecule has 0 saturated heterocycles. The maximum absolute atomic E-state index is 13.1. The Morgan fingerprint density at radius 1 is 0.889 bits per heavy atom. The molecule has 1 aromatic heterocycles. The van der Waals surface area contributed by atoms with Crippen LogP contribution in [-0.2, 0) is 0 Å². The summed E-state index contributed by atoms with van der Waals surface area (Å²) < 4.78 is 1.62. The minimum Gasteiger partial charge on any atom is -0.388 e. The third-order valence-corrected chi connectivity index (χ3v) is 5.33. The largest absolute Gasteiger partial charge is 0.388 e. The smallest absolute Gasteiger partial charge is 0.266 e. The fraction of sp³-hybridized carbons (Fsp3) is 0.0909. The van der Waals surface area contributed by atoms with Crippen LogP contribution >= 0.6 is 11.8 Å². The molecule has 27 heavy (non-hydrogen) atoms. The van der Waals surface area contributed by atoms with E-state index in [2.05, 4.69) is 0 Å². The van der Waals surface area contributed by atoms with E-state index >= 15 is 0 Å². The SMILES string of the molecule is O=c1c2ccccc2nc(SC[C@@H](O)c2ccccc2)n1-c1ccccc1. The molecule has 0 saturated carbocycles. The Morgan fingerprint density at radius 3 is 2.26 bits per heavy atom. The quantitative estimate of drug-likeness (QED) is 0.420. The van der Waals surface area contributed by atoms with Gasteiger partial charge in [-0.25, -0.2) is 4.98 Å². The highest BCUT2D eigenvalue weighted by molar-refractivity contribution is 7.99. The normalized spacial score (nSPS) is 12.2. The molecule has 0 aliphatic carbocycles. The van der Waals surface area contributed by atoms with Crippen molar-refractivity contribution in [2.24, 2.45) is 0 Å². The second kappa shape index (κ2) is 7.78. The molecule has 4 rings (SSSR count). The van der Waals surface area contributed by atoms with Gasteiger partial charge in [-0.05, 0) is 29.8 Å². The number of para-hydroxylation sites is 2. The maximum Gasteiger partial charge on any atom is 0.266 e. The minimum atomic E-state index is -0.635. The zero-order valence-electron chi connectivity index (χ0n) is 14.5. The van der Waals surface area contributed by atoms with Crippen LogP contribution in [0.4, 0.5) is 0 Å². The van der Waals surface area contributed by atoms with Crippen LogP contribution in [0.3, 0.4) is 0 Å². The standard InChI is InChI=1S/C22H18N2O2S/c25-20(16-9-3-1-4-10-16)15-27-22-23-19-14-8-7-13-18(19)21(26)24(22)17-11-5-2-6-12-17/h1-14,20,25H,15H2/t20-/m1/s1. The Bertz CT molecular complexity index is 1110. The van der Waals surface area contributed by atoms with E-state index in [9.17, 15) is 9.90 Å². The number of hydrogen-bond donors (Lipinski definition) is 1. The summed E-state index contributed by atoms with van der Waals surface area (Å²) in [5, 5.41) is 11.6. The number of aliphatic hydroxyl groups is 1. The Kier molecular flexibility index (Phi) is 5.05. The summed E-state index contributed by atoms with van der Waals surface area (Å²) in [5.74, 6) is 0.404. The molecule has 1 heterocycles. The van der Waals surface area contributed by atoms with Crippen LogP contribution in [0.1, 0.15) is 11.7 Å². The predicted octanol–water partition coefficient (Wildman–Crippen LogP) is 4.21. The summed E-state index contributed by atoms with van der Waals surface area (Å²) in [4.78, 5) is 17.8. The highest BCUT2D eigenvalue weighted by Gasteiger charge is 2.15. The van der Waals surface area contributed by atoms with Crippen molar-refractivity contribution in [3.05, 3.63) is 101 Å². The molecule has 4 aromatic rings. The maximum atomic E-state index is 13.1. The van der Waals surface area contributed by atoms with E-state index in [0.29, 0.717) is 21.8 Å². The van der Waals surface area contributed by atoms with Crippen LogP contribution in [-0.4, -0.2) is 20.4 Å². The first-order valence-corrected chi connectivity index (χ1v) is 9.65. The van der Waals surface area contributed by atoms with Crippen molar-refractivity contribution in [3.63, 3.8) is 0 Å². The molecule has 0 amide bonds. The van der Waals surface area contributed by atoms with Crippen molar-refractivity contribution in [2.45, 2.75) is 11.3 Å². The molecule has 0 unspecified atom stereocenters. The average molecular weight is 374 g/mol. The van der Waals surface area contributed by atoms with Gasteiger partial charge in [0, 0.05) is 5.75 Å². The third-order valence-electron chi connectivity index (χ3n) is 4.31. The molecule has 1 N–H and O–H groups in total. The van der Waals surface area contributed by atoms with Gasteiger partial charge in [0.2, 0.25) is 0 Å². The first kappa shape index (κ1) is 17.5.